The number of nitrogens with one attached hydrogen (secondary N) is 1. The number of hydrogen-bond donors (Lipinski definition) is 1. The molecule has 1 aromatic carbocycles. The van der Waals surface area contributed by atoms with Gasteiger partial charge in [0.25, 0.3) is 0 Å². The zero-order valence-electron chi connectivity index (χ0n) is 10.7. The SMILES string of the molecule is COc1ccc(CNc2cc(C)cnc2Cl)cc1Cl. The van der Waals surface area contributed by atoms with Gasteiger partial charge >= 0.3 is 0 Å². The Kier molecular flexibility index (Phi) is 4.51. The van der Waals surface area contributed by atoms with Gasteiger partial charge in [0.1, 0.15) is 5.75 Å². The van der Waals surface area contributed by atoms with Crippen LogP contribution in [-0.2, 0) is 6.54 Å². The van der Waals surface area contributed by atoms with E-state index >= 15 is 0 Å². The van der Waals surface area contributed by atoms with E-state index in [0.29, 0.717) is 22.5 Å². The number of methoxy groups -OCH3 is 1. The summed E-state index contributed by atoms with van der Waals surface area (Å²) in [6, 6.07) is 7.62. The smallest absolute Gasteiger partial charge is 0.152 e. The number of anilines is 1. The number of halogens is 2. The van der Waals surface area contributed by atoms with Crippen LogP contribution in [0.1, 0.15) is 11.1 Å². The van der Waals surface area contributed by atoms with Gasteiger partial charge in [-0.2, -0.15) is 0 Å². The van der Waals surface area contributed by atoms with Crippen molar-refractivity contribution in [3.8, 4) is 5.75 Å². The van der Waals surface area contributed by atoms with Crippen LogP contribution in [0.4, 0.5) is 5.69 Å². The molecule has 19 heavy (non-hydrogen) atoms. The van der Waals surface area contributed by atoms with Gasteiger partial charge in [-0.1, -0.05) is 29.3 Å². The summed E-state index contributed by atoms with van der Waals surface area (Å²) in [5.41, 5.74) is 2.91. The van der Waals surface area contributed by atoms with E-state index in [1.807, 2.05) is 31.2 Å². The second-order valence-electron chi connectivity index (χ2n) is 4.17. The van der Waals surface area contributed by atoms with E-state index in [1.54, 1.807) is 13.3 Å². The summed E-state index contributed by atoms with van der Waals surface area (Å²) in [6.07, 6.45) is 1.73. The number of nitrogens with zero attached hydrogens (tertiary/aromatic N) is 1. The third kappa shape index (κ3) is 3.52. The number of hydrogen-bond acceptors (Lipinski definition) is 3. The molecule has 100 valence electrons. The fourth-order valence-corrected chi connectivity index (χ4v) is 2.14. The fourth-order valence-electron chi connectivity index (χ4n) is 1.69. The summed E-state index contributed by atoms with van der Waals surface area (Å²) < 4.78 is 5.11. The van der Waals surface area contributed by atoms with Crippen LogP contribution in [0, 0.1) is 6.92 Å². The number of aryl methyl sites for hydroxylation is 1. The molecule has 0 aliphatic carbocycles. The minimum atomic E-state index is 0.463. The van der Waals surface area contributed by atoms with Gasteiger partial charge in [0.05, 0.1) is 17.8 Å². The molecule has 1 heterocycles. The van der Waals surface area contributed by atoms with Crippen LogP contribution < -0.4 is 10.1 Å². The van der Waals surface area contributed by atoms with Gasteiger partial charge in [0.15, 0.2) is 5.15 Å². The van der Waals surface area contributed by atoms with Gasteiger partial charge in [0.2, 0.25) is 0 Å². The third-order valence-electron chi connectivity index (χ3n) is 2.67. The monoisotopic (exact) mass is 296 g/mol. The molecule has 0 unspecified atom stereocenters. The van der Waals surface area contributed by atoms with Crippen molar-refractivity contribution in [2.75, 3.05) is 12.4 Å². The van der Waals surface area contributed by atoms with Crippen LogP contribution in [0.15, 0.2) is 30.5 Å². The lowest BCUT2D eigenvalue weighted by molar-refractivity contribution is 0.415. The van der Waals surface area contributed by atoms with Crippen LogP contribution in [0.3, 0.4) is 0 Å². The average Bonchev–Trinajstić information content (AvgIpc) is 2.40. The Bertz CT molecular complexity index is 588. The second kappa shape index (κ2) is 6.13. The largest absolute Gasteiger partial charge is 0.495 e. The molecular weight excluding hydrogens is 283 g/mol. The first-order valence-corrected chi connectivity index (χ1v) is 6.54. The maximum Gasteiger partial charge on any atom is 0.152 e. The lowest BCUT2D eigenvalue weighted by atomic mass is 10.2. The molecule has 2 rings (SSSR count). The first-order valence-electron chi connectivity index (χ1n) is 5.78. The van der Waals surface area contributed by atoms with Gasteiger partial charge in [-0.25, -0.2) is 4.98 Å². The quantitative estimate of drug-likeness (QED) is 0.853. The maximum absolute atomic E-state index is 6.08. The third-order valence-corrected chi connectivity index (χ3v) is 3.27. The molecule has 1 aromatic heterocycles. The summed E-state index contributed by atoms with van der Waals surface area (Å²) in [5.74, 6) is 0.667. The van der Waals surface area contributed by atoms with Crippen molar-refractivity contribution in [3.05, 3.63) is 51.8 Å². The average molecular weight is 297 g/mol. The number of pyridine rings is 1. The highest BCUT2D eigenvalue weighted by Gasteiger charge is 2.04. The van der Waals surface area contributed by atoms with Crippen LogP contribution >= 0.6 is 23.2 Å². The van der Waals surface area contributed by atoms with E-state index in [9.17, 15) is 0 Å². The van der Waals surface area contributed by atoms with E-state index in [0.717, 1.165) is 16.8 Å². The number of aromatic nitrogens is 1. The Labute approximate surface area is 122 Å². The Morgan fingerprint density at radius 1 is 1.26 bits per heavy atom. The topological polar surface area (TPSA) is 34.1 Å². The number of ether oxygens (including phenoxy) is 1. The minimum absolute atomic E-state index is 0.463. The Hall–Kier alpha value is -1.45. The van der Waals surface area contributed by atoms with Crippen molar-refractivity contribution in [1.82, 2.24) is 4.98 Å². The Morgan fingerprint density at radius 3 is 2.74 bits per heavy atom. The predicted octanol–water partition coefficient (Wildman–Crippen LogP) is 4.32. The summed E-state index contributed by atoms with van der Waals surface area (Å²) >= 11 is 12.1. The summed E-state index contributed by atoms with van der Waals surface area (Å²) in [4.78, 5) is 4.09. The molecule has 0 atom stereocenters. The van der Waals surface area contributed by atoms with Crippen LogP contribution in [0.2, 0.25) is 10.2 Å². The van der Waals surface area contributed by atoms with Crippen LogP contribution in [0.25, 0.3) is 0 Å². The van der Waals surface area contributed by atoms with E-state index in [2.05, 4.69) is 10.3 Å². The van der Waals surface area contributed by atoms with Crippen molar-refractivity contribution in [1.29, 1.82) is 0 Å². The van der Waals surface area contributed by atoms with Crippen molar-refractivity contribution < 1.29 is 4.74 Å². The van der Waals surface area contributed by atoms with Gasteiger partial charge in [-0.3, -0.25) is 0 Å². The molecule has 3 nitrogen and oxygen atoms in total. The van der Waals surface area contributed by atoms with E-state index in [1.165, 1.54) is 0 Å². The lowest BCUT2D eigenvalue weighted by Crippen LogP contribution is -2.01. The summed E-state index contributed by atoms with van der Waals surface area (Å²) in [5, 5.41) is 4.30. The highest BCUT2D eigenvalue weighted by atomic mass is 35.5. The second-order valence-corrected chi connectivity index (χ2v) is 4.94. The van der Waals surface area contributed by atoms with Gasteiger partial charge in [-0.05, 0) is 36.2 Å². The number of rotatable bonds is 4. The molecule has 0 bridgehead atoms. The molecule has 0 aliphatic heterocycles. The molecule has 0 saturated carbocycles. The normalized spacial score (nSPS) is 10.3. The van der Waals surface area contributed by atoms with Gasteiger partial charge < -0.3 is 10.1 Å². The molecular formula is C14H14Cl2N2O. The van der Waals surface area contributed by atoms with Crippen molar-refractivity contribution in [3.63, 3.8) is 0 Å². The Balaban J connectivity index is 2.10. The molecule has 0 saturated heterocycles. The summed E-state index contributed by atoms with van der Waals surface area (Å²) in [7, 11) is 1.59. The first-order chi connectivity index (χ1) is 9.10. The maximum atomic E-state index is 6.08. The zero-order chi connectivity index (χ0) is 13.8. The molecule has 1 N–H and O–H groups in total. The molecule has 0 spiro atoms. The van der Waals surface area contributed by atoms with Crippen molar-refractivity contribution in [2.45, 2.75) is 13.5 Å². The molecule has 0 aliphatic rings. The standard InChI is InChI=1S/C14H14Cl2N2O/c1-9-5-12(14(16)18-7-9)17-8-10-3-4-13(19-2)11(15)6-10/h3-7,17H,8H2,1-2H3. The zero-order valence-corrected chi connectivity index (χ0v) is 12.2. The van der Waals surface area contributed by atoms with E-state index in [-0.39, 0.29) is 0 Å². The van der Waals surface area contributed by atoms with E-state index < -0.39 is 0 Å². The van der Waals surface area contributed by atoms with Crippen LogP contribution in [0.5, 0.6) is 5.75 Å². The van der Waals surface area contributed by atoms with Crippen molar-refractivity contribution >= 4 is 28.9 Å². The molecule has 2 aromatic rings. The predicted molar refractivity (Wildman–Crippen MR) is 79.3 cm³/mol. The van der Waals surface area contributed by atoms with Crippen LogP contribution in [-0.4, -0.2) is 12.1 Å². The minimum Gasteiger partial charge on any atom is -0.495 e. The molecule has 0 radical (unpaired) electrons. The van der Waals surface area contributed by atoms with Crippen molar-refractivity contribution in [2.24, 2.45) is 0 Å². The molecule has 5 heteroatoms. The van der Waals surface area contributed by atoms with E-state index in [4.69, 9.17) is 27.9 Å². The van der Waals surface area contributed by atoms with Gasteiger partial charge in [-0.15, -0.1) is 0 Å². The number of benzene rings is 1. The fraction of sp³-hybridized carbons (Fsp3) is 0.214. The highest BCUT2D eigenvalue weighted by Crippen LogP contribution is 2.26. The first kappa shape index (κ1) is 14.0. The van der Waals surface area contributed by atoms with Gasteiger partial charge in [0, 0.05) is 12.7 Å². The Morgan fingerprint density at radius 2 is 2.05 bits per heavy atom. The molecule has 0 fully saturated rings. The summed E-state index contributed by atoms with van der Waals surface area (Å²) in [6.45, 7) is 2.59. The lowest BCUT2D eigenvalue weighted by Gasteiger charge is -2.10. The molecule has 0 amide bonds. The highest BCUT2D eigenvalue weighted by molar-refractivity contribution is 6.32.